The fourth-order valence-electron chi connectivity index (χ4n) is 1.39. The minimum absolute atomic E-state index is 0.129. The molecule has 0 saturated carbocycles. The van der Waals surface area contributed by atoms with Crippen molar-refractivity contribution in [1.82, 2.24) is 0 Å². The van der Waals surface area contributed by atoms with Gasteiger partial charge in [-0.25, -0.2) is 0 Å². The molecule has 0 aliphatic heterocycles. The molecule has 15 heavy (non-hydrogen) atoms. The van der Waals surface area contributed by atoms with E-state index in [1.165, 1.54) is 0 Å². The summed E-state index contributed by atoms with van der Waals surface area (Å²) >= 11 is 0. The van der Waals surface area contributed by atoms with Gasteiger partial charge in [0.2, 0.25) is 0 Å². The molecule has 0 aromatic heterocycles. The van der Waals surface area contributed by atoms with Crippen LogP contribution in [0, 0.1) is 5.92 Å². The van der Waals surface area contributed by atoms with Gasteiger partial charge in [0.1, 0.15) is 0 Å². The molecule has 0 atom stereocenters. The molecule has 0 fully saturated rings. The van der Waals surface area contributed by atoms with Gasteiger partial charge in [-0.1, -0.05) is 13.8 Å². The van der Waals surface area contributed by atoms with Crippen molar-refractivity contribution in [3.05, 3.63) is 0 Å². The molecule has 0 spiro atoms. The first-order valence-electron chi connectivity index (χ1n) is 5.39. The summed E-state index contributed by atoms with van der Waals surface area (Å²) in [6.07, 6.45) is 1.66. The number of hydrogen-bond acceptors (Lipinski definition) is 2. The molecule has 0 rings (SSSR count). The Morgan fingerprint density at radius 2 is 1.73 bits per heavy atom. The van der Waals surface area contributed by atoms with Crippen molar-refractivity contribution in [1.29, 1.82) is 0 Å². The molecular formula is C10H24NO3S+. The van der Waals surface area contributed by atoms with Crippen molar-refractivity contribution in [3.8, 4) is 0 Å². The van der Waals surface area contributed by atoms with E-state index in [1.807, 2.05) is 0 Å². The molecule has 0 bridgehead atoms. The molecule has 1 N–H and O–H groups in total. The predicted octanol–water partition coefficient (Wildman–Crippen LogP) is 1.39. The van der Waals surface area contributed by atoms with Crippen molar-refractivity contribution in [2.45, 2.75) is 26.7 Å². The largest absolute Gasteiger partial charge is 0.328 e. The summed E-state index contributed by atoms with van der Waals surface area (Å²) in [4.78, 5) is 0. The minimum atomic E-state index is -3.79. The van der Waals surface area contributed by atoms with Gasteiger partial charge in [0.05, 0.1) is 32.9 Å². The molecule has 5 heteroatoms. The van der Waals surface area contributed by atoms with E-state index < -0.39 is 10.1 Å². The van der Waals surface area contributed by atoms with Gasteiger partial charge in [-0.15, -0.1) is 0 Å². The highest BCUT2D eigenvalue weighted by Crippen LogP contribution is 2.07. The number of rotatable bonds is 7. The summed E-state index contributed by atoms with van der Waals surface area (Å²) in [5, 5.41) is 0. The lowest BCUT2D eigenvalue weighted by molar-refractivity contribution is -0.890. The zero-order valence-electron chi connectivity index (χ0n) is 10.2. The molecule has 0 aromatic rings. The minimum Gasteiger partial charge on any atom is -0.328 e. The molecule has 4 nitrogen and oxygen atoms in total. The third-order valence-corrected chi connectivity index (χ3v) is 3.28. The van der Waals surface area contributed by atoms with Crippen LogP contribution in [0.1, 0.15) is 26.7 Å². The van der Waals surface area contributed by atoms with Gasteiger partial charge in [-0.2, -0.15) is 8.42 Å². The second kappa shape index (κ2) is 5.82. The molecule has 0 amide bonds. The van der Waals surface area contributed by atoms with E-state index >= 15 is 0 Å². The highest BCUT2D eigenvalue weighted by atomic mass is 32.2. The van der Waals surface area contributed by atoms with Crippen LogP contribution in [0.25, 0.3) is 0 Å². The second-order valence-corrected chi connectivity index (χ2v) is 6.78. The van der Waals surface area contributed by atoms with Crippen LogP contribution in [-0.2, 0) is 10.1 Å². The Bertz CT molecular complexity index is 270. The third-order valence-electron chi connectivity index (χ3n) is 2.48. The summed E-state index contributed by atoms with van der Waals surface area (Å²) in [5.74, 6) is 0.542. The molecular weight excluding hydrogens is 214 g/mol. The molecule has 0 heterocycles. The fourth-order valence-corrected chi connectivity index (χ4v) is 1.89. The Kier molecular flexibility index (Phi) is 5.77. The summed E-state index contributed by atoms with van der Waals surface area (Å²) in [7, 11) is 0.391. The van der Waals surface area contributed by atoms with Crippen LogP contribution >= 0.6 is 0 Å². The standard InChI is InChI=1S/C10H23NO3S/c1-10(2)6-8-11(3,4)7-5-9-15(12,13)14/h10H,5-9H2,1-4H3/p+1. The van der Waals surface area contributed by atoms with Crippen LogP contribution in [0.2, 0.25) is 0 Å². The Morgan fingerprint density at radius 1 is 1.20 bits per heavy atom. The van der Waals surface area contributed by atoms with E-state index in [1.54, 1.807) is 0 Å². The number of quaternary nitrogens is 1. The van der Waals surface area contributed by atoms with Crippen molar-refractivity contribution in [3.63, 3.8) is 0 Å². The monoisotopic (exact) mass is 238 g/mol. The molecule has 0 aliphatic carbocycles. The van der Waals surface area contributed by atoms with Gasteiger partial charge >= 0.3 is 0 Å². The van der Waals surface area contributed by atoms with E-state index in [2.05, 4.69) is 27.9 Å². The van der Waals surface area contributed by atoms with E-state index in [4.69, 9.17) is 4.55 Å². The smallest absolute Gasteiger partial charge is 0.265 e. The molecule has 0 saturated heterocycles. The quantitative estimate of drug-likeness (QED) is 0.538. The van der Waals surface area contributed by atoms with Crippen LogP contribution in [0.3, 0.4) is 0 Å². The van der Waals surface area contributed by atoms with Crippen LogP contribution in [-0.4, -0.2) is 50.4 Å². The van der Waals surface area contributed by atoms with Gasteiger partial charge in [0.25, 0.3) is 10.1 Å². The maximum atomic E-state index is 10.5. The average Bonchev–Trinajstić information content (AvgIpc) is 1.98. The van der Waals surface area contributed by atoms with Crippen LogP contribution < -0.4 is 0 Å². The van der Waals surface area contributed by atoms with E-state index in [-0.39, 0.29) is 5.75 Å². The lowest BCUT2D eigenvalue weighted by atomic mass is 10.1. The first-order valence-corrected chi connectivity index (χ1v) is 7.00. The topological polar surface area (TPSA) is 54.4 Å². The Hall–Kier alpha value is -0.130. The van der Waals surface area contributed by atoms with Gasteiger partial charge in [-0.05, 0) is 12.3 Å². The highest BCUT2D eigenvalue weighted by molar-refractivity contribution is 7.85. The summed E-state index contributed by atoms with van der Waals surface area (Å²) in [5.41, 5.74) is 0. The Balaban J connectivity index is 3.84. The van der Waals surface area contributed by atoms with Gasteiger partial charge in [0, 0.05) is 6.42 Å². The van der Waals surface area contributed by atoms with Crippen molar-refractivity contribution in [2.75, 3.05) is 32.9 Å². The zero-order chi connectivity index (χ0) is 12.1. The average molecular weight is 238 g/mol. The summed E-state index contributed by atoms with van der Waals surface area (Å²) in [6.45, 7) is 6.19. The zero-order valence-corrected chi connectivity index (χ0v) is 11.0. The molecule has 0 unspecified atom stereocenters. The molecule has 0 radical (unpaired) electrons. The Morgan fingerprint density at radius 3 is 2.13 bits per heavy atom. The lowest BCUT2D eigenvalue weighted by Gasteiger charge is -2.30. The number of hydrogen-bond donors (Lipinski definition) is 1. The predicted molar refractivity (Wildman–Crippen MR) is 62.3 cm³/mol. The fraction of sp³-hybridized carbons (Fsp3) is 1.00. The highest BCUT2D eigenvalue weighted by Gasteiger charge is 2.16. The summed E-state index contributed by atoms with van der Waals surface area (Å²) < 4.78 is 30.5. The van der Waals surface area contributed by atoms with E-state index in [0.717, 1.165) is 24.0 Å². The second-order valence-electron chi connectivity index (χ2n) is 5.21. The SMILES string of the molecule is CC(C)CC[N+](C)(C)CCCS(=O)(=O)O. The van der Waals surface area contributed by atoms with Gasteiger partial charge in [-0.3, -0.25) is 4.55 Å². The van der Waals surface area contributed by atoms with Crippen LogP contribution in [0.4, 0.5) is 0 Å². The first kappa shape index (κ1) is 14.9. The van der Waals surface area contributed by atoms with Crippen molar-refractivity contribution in [2.24, 2.45) is 5.92 Å². The summed E-state index contributed by atoms with van der Waals surface area (Å²) in [6, 6.07) is 0. The van der Waals surface area contributed by atoms with Gasteiger partial charge < -0.3 is 4.48 Å². The maximum absolute atomic E-state index is 10.5. The van der Waals surface area contributed by atoms with E-state index in [9.17, 15) is 8.42 Å². The third kappa shape index (κ3) is 10.2. The van der Waals surface area contributed by atoms with Gasteiger partial charge in [0.15, 0.2) is 0 Å². The maximum Gasteiger partial charge on any atom is 0.265 e. The van der Waals surface area contributed by atoms with Crippen molar-refractivity contribution < 1.29 is 17.5 Å². The number of nitrogens with zero attached hydrogens (tertiary/aromatic N) is 1. The Labute approximate surface area is 93.6 Å². The van der Waals surface area contributed by atoms with Crippen molar-refractivity contribution >= 4 is 10.1 Å². The normalized spacial score (nSPS) is 13.5. The lowest BCUT2D eigenvalue weighted by Crippen LogP contribution is -2.42. The molecule has 0 aromatic carbocycles. The molecule has 92 valence electrons. The molecule has 0 aliphatic rings. The van der Waals surface area contributed by atoms with E-state index in [0.29, 0.717) is 12.3 Å². The first-order chi connectivity index (χ1) is 6.62. The van der Waals surface area contributed by atoms with Crippen LogP contribution in [0.5, 0.6) is 0 Å². The van der Waals surface area contributed by atoms with Crippen LogP contribution in [0.15, 0.2) is 0 Å².